The number of amides is 1. The topological polar surface area (TPSA) is 81.1 Å². The predicted octanol–water partition coefficient (Wildman–Crippen LogP) is 2.48. The lowest BCUT2D eigenvalue weighted by Gasteiger charge is -2.19. The van der Waals surface area contributed by atoms with Crippen LogP contribution in [0, 0.1) is 5.82 Å². The van der Waals surface area contributed by atoms with Crippen molar-refractivity contribution < 1.29 is 17.6 Å². The number of carbonyl (C=O) groups is 1. The Morgan fingerprint density at radius 2 is 1.74 bits per heavy atom. The van der Waals surface area contributed by atoms with Crippen molar-refractivity contribution in [3.63, 3.8) is 0 Å². The lowest BCUT2D eigenvalue weighted by Crippen LogP contribution is -2.31. The number of nitrogens with zero attached hydrogens (tertiary/aromatic N) is 2. The molecule has 0 aliphatic heterocycles. The van der Waals surface area contributed by atoms with E-state index in [9.17, 15) is 17.6 Å². The molecule has 0 radical (unpaired) electrons. The monoisotopic (exact) mass is 387 g/mol. The number of sulfone groups is 1. The van der Waals surface area contributed by atoms with Gasteiger partial charge in [0.1, 0.15) is 17.7 Å². The molecule has 0 aliphatic carbocycles. The smallest absolute Gasteiger partial charge is 0.252 e. The summed E-state index contributed by atoms with van der Waals surface area (Å²) in [7, 11) is -1.54. The van der Waals surface area contributed by atoms with Gasteiger partial charge in [0.05, 0.1) is 4.90 Å². The Hall–Kier alpha value is -3.00. The average molecular weight is 387 g/mol. The van der Waals surface area contributed by atoms with Crippen LogP contribution < -0.4 is 5.32 Å². The Balaban J connectivity index is 1.91. The van der Waals surface area contributed by atoms with Crippen LogP contribution in [-0.4, -0.2) is 30.1 Å². The minimum Gasteiger partial charge on any atom is -0.338 e. The van der Waals surface area contributed by atoms with Crippen LogP contribution in [0.3, 0.4) is 0 Å². The minimum absolute atomic E-state index is 0.137. The summed E-state index contributed by atoms with van der Waals surface area (Å²) in [5, 5.41) is 2.88. The van der Waals surface area contributed by atoms with Crippen LogP contribution in [0.4, 0.5) is 4.39 Å². The number of aryl methyl sites for hydroxylation is 1. The molecule has 1 heterocycles. The van der Waals surface area contributed by atoms with Crippen molar-refractivity contribution in [1.29, 1.82) is 0 Å². The van der Waals surface area contributed by atoms with Crippen molar-refractivity contribution in [2.45, 2.75) is 10.9 Å². The zero-order chi connectivity index (χ0) is 19.6. The van der Waals surface area contributed by atoms with Gasteiger partial charge >= 0.3 is 0 Å². The highest BCUT2D eigenvalue weighted by Gasteiger charge is 2.21. The first kappa shape index (κ1) is 18.8. The summed E-state index contributed by atoms with van der Waals surface area (Å²) in [4.78, 5) is 17.1. The quantitative estimate of drug-likeness (QED) is 0.729. The third kappa shape index (κ3) is 4.22. The third-order valence-electron chi connectivity index (χ3n) is 4.14. The molecule has 0 spiro atoms. The summed E-state index contributed by atoms with van der Waals surface area (Å²) in [6.45, 7) is 0. The molecule has 6 nitrogen and oxygen atoms in total. The molecular weight excluding hydrogens is 369 g/mol. The predicted molar refractivity (Wildman–Crippen MR) is 98.5 cm³/mol. The summed E-state index contributed by atoms with van der Waals surface area (Å²) in [6.07, 6.45) is 4.46. The second-order valence-electron chi connectivity index (χ2n) is 6.15. The standard InChI is InChI=1S/C19H18FN3O3S/c1-23-12-11-21-18(23)17(13-3-7-15(20)8-4-13)22-19(24)14-5-9-16(10-6-14)27(2,25)26/h3-12,17H,1-2H3,(H,22,24)/t17-/m1/s1. The number of halogens is 1. The summed E-state index contributed by atoms with van der Waals surface area (Å²) >= 11 is 0. The highest BCUT2D eigenvalue weighted by molar-refractivity contribution is 7.90. The molecule has 0 unspecified atom stereocenters. The van der Waals surface area contributed by atoms with E-state index in [2.05, 4.69) is 10.3 Å². The Labute approximate surface area is 156 Å². The number of hydrogen-bond acceptors (Lipinski definition) is 4. The van der Waals surface area contributed by atoms with Crippen LogP contribution in [0.15, 0.2) is 65.8 Å². The molecule has 1 amide bonds. The maximum Gasteiger partial charge on any atom is 0.252 e. The van der Waals surface area contributed by atoms with Gasteiger partial charge in [-0.3, -0.25) is 4.79 Å². The lowest BCUT2D eigenvalue weighted by molar-refractivity contribution is 0.0941. The second-order valence-corrected chi connectivity index (χ2v) is 8.17. The molecule has 0 bridgehead atoms. The molecule has 1 aromatic heterocycles. The molecule has 2 aromatic carbocycles. The largest absolute Gasteiger partial charge is 0.338 e. The molecule has 0 saturated carbocycles. The van der Waals surface area contributed by atoms with Gasteiger partial charge in [-0.15, -0.1) is 0 Å². The SMILES string of the molecule is Cn1ccnc1[C@H](NC(=O)c1ccc(S(C)(=O)=O)cc1)c1ccc(F)cc1. The van der Waals surface area contributed by atoms with Crippen molar-refractivity contribution in [2.24, 2.45) is 7.05 Å². The molecule has 0 saturated heterocycles. The van der Waals surface area contributed by atoms with Gasteiger partial charge in [-0.25, -0.2) is 17.8 Å². The van der Waals surface area contributed by atoms with Gasteiger partial charge in [0, 0.05) is 31.3 Å². The number of imidazole rings is 1. The van der Waals surface area contributed by atoms with Crippen molar-refractivity contribution >= 4 is 15.7 Å². The summed E-state index contributed by atoms with van der Waals surface area (Å²) < 4.78 is 38.2. The van der Waals surface area contributed by atoms with E-state index in [0.717, 1.165) is 6.26 Å². The Bertz CT molecular complexity index is 1060. The second kappa shape index (κ2) is 7.32. The van der Waals surface area contributed by atoms with E-state index in [0.29, 0.717) is 17.0 Å². The van der Waals surface area contributed by atoms with E-state index < -0.39 is 21.8 Å². The summed E-state index contributed by atoms with van der Waals surface area (Å²) in [6, 6.07) is 10.9. The van der Waals surface area contributed by atoms with Gasteiger partial charge < -0.3 is 9.88 Å². The van der Waals surface area contributed by atoms with Crippen molar-refractivity contribution in [2.75, 3.05) is 6.26 Å². The number of carbonyl (C=O) groups excluding carboxylic acids is 1. The van der Waals surface area contributed by atoms with E-state index in [1.54, 1.807) is 36.1 Å². The number of aromatic nitrogens is 2. The molecule has 27 heavy (non-hydrogen) atoms. The number of hydrogen-bond donors (Lipinski definition) is 1. The molecule has 3 aromatic rings. The molecule has 3 rings (SSSR count). The highest BCUT2D eigenvalue weighted by atomic mass is 32.2. The van der Waals surface area contributed by atoms with E-state index >= 15 is 0 Å². The number of nitrogens with one attached hydrogen (secondary N) is 1. The van der Waals surface area contributed by atoms with Crippen molar-refractivity contribution in [3.8, 4) is 0 Å². The maximum absolute atomic E-state index is 13.3. The maximum atomic E-state index is 13.3. The lowest BCUT2D eigenvalue weighted by atomic mass is 10.1. The molecular formula is C19H18FN3O3S. The zero-order valence-corrected chi connectivity index (χ0v) is 15.6. The van der Waals surface area contributed by atoms with Gasteiger partial charge in [-0.05, 0) is 42.0 Å². The highest BCUT2D eigenvalue weighted by Crippen LogP contribution is 2.22. The number of rotatable bonds is 5. The van der Waals surface area contributed by atoms with Crippen LogP contribution in [-0.2, 0) is 16.9 Å². The summed E-state index contributed by atoms with van der Waals surface area (Å²) in [5.41, 5.74) is 0.982. The zero-order valence-electron chi connectivity index (χ0n) is 14.8. The number of benzene rings is 2. The van der Waals surface area contributed by atoms with Crippen LogP contribution >= 0.6 is 0 Å². The Morgan fingerprint density at radius 1 is 1.11 bits per heavy atom. The first-order valence-electron chi connectivity index (χ1n) is 8.09. The fraction of sp³-hybridized carbons (Fsp3) is 0.158. The molecule has 1 N–H and O–H groups in total. The van der Waals surface area contributed by atoms with Crippen molar-refractivity contribution in [3.05, 3.63) is 83.7 Å². The van der Waals surface area contributed by atoms with Gasteiger partial charge in [-0.1, -0.05) is 12.1 Å². The van der Waals surface area contributed by atoms with Gasteiger partial charge in [0.25, 0.3) is 5.91 Å². The van der Waals surface area contributed by atoms with E-state index in [1.165, 1.54) is 36.4 Å². The van der Waals surface area contributed by atoms with Crippen molar-refractivity contribution in [1.82, 2.24) is 14.9 Å². The van der Waals surface area contributed by atoms with Crippen LogP contribution in [0.1, 0.15) is 27.8 Å². The van der Waals surface area contributed by atoms with E-state index in [4.69, 9.17) is 0 Å². The van der Waals surface area contributed by atoms with E-state index in [-0.39, 0.29) is 10.7 Å². The first-order chi connectivity index (χ1) is 12.8. The normalized spacial score (nSPS) is 12.6. The van der Waals surface area contributed by atoms with Crippen LogP contribution in [0.2, 0.25) is 0 Å². The molecule has 8 heteroatoms. The fourth-order valence-electron chi connectivity index (χ4n) is 2.68. The molecule has 140 valence electrons. The molecule has 0 aliphatic rings. The molecule has 0 fully saturated rings. The van der Waals surface area contributed by atoms with Gasteiger partial charge in [0.15, 0.2) is 9.84 Å². The Morgan fingerprint density at radius 3 is 2.26 bits per heavy atom. The summed E-state index contributed by atoms with van der Waals surface area (Å²) in [5.74, 6) is -0.185. The third-order valence-corrected chi connectivity index (χ3v) is 5.27. The van der Waals surface area contributed by atoms with Gasteiger partial charge in [-0.2, -0.15) is 0 Å². The van der Waals surface area contributed by atoms with Gasteiger partial charge in [0.2, 0.25) is 0 Å². The molecule has 1 atom stereocenters. The van der Waals surface area contributed by atoms with Crippen LogP contribution in [0.25, 0.3) is 0 Å². The van der Waals surface area contributed by atoms with E-state index in [1.807, 2.05) is 0 Å². The fourth-order valence-corrected chi connectivity index (χ4v) is 3.31. The Kier molecular flexibility index (Phi) is 5.09. The van der Waals surface area contributed by atoms with Crippen LogP contribution in [0.5, 0.6) is 0 Å². The minimum atomic E-state index is -3.34. The average Bonchev–Trinajstić information content (AvgIpc) is 3.05. The first-order valence-corrected chi connectivity index (χ1v) is 9.98.